The molecule has 4 heteroatoms. The molecule has 1 N–H and O–H groups in total. The molecule has 1 rings (SSSR count). The van der Waals surface area contributed by atoms with E-state index in [0.717, 1.165) is 18.4 Å². The maximum atomic E-state index is 9.63. The first-order valence-electron chi connectivity index (χ1n) is 14.0. The van der Waals surface area contributed by atoms with Crippen molar-refractivity contribution >= 4 is 0 Å². The number of ether oxygens (including phenoxy) is 2. The van der Waals surface area contributed by atoms with Crippen LogP contribution in [0.3, 0.4) is 0 Å². The third-order valence-electron chi connectivity index (χ3n) is 6.71. The molecule has 0 aromatic heterocycles. The summed E-state index contributed by atoms with van der Waals surface area (Å²) < 4.78 is 11.1. The van der Waals surface area contributed by atoms with Gasteiger partial charge in [0.05, 0.1) is 32.0 Å². The first kappa shape index (κ1) is 30.5. The number of benzene rings is 1. The molecule has 1 aromatic rings. The Labute approximate surface area is 210 Å². The molecule has 0 saturated carbocycles. The van der Waals surface area contributed by atoms with Crippen molar-refractivity contribution in [1.29, 1.82) is 5.26 Å². The molecule has 0 fully saturated rings. The lowest BCUT2D eigenvalue weighted by Gasteiger charge is -2.16. The minimum absolute atomic E-state index is 0.0479. The summed E-state index contributed by atoms with van der Waals surface area (Å²) in [7, 11) is 1.56. The molecule has 0 aliphatic heterocycles. The Balaban J connectivity index is 1.94. The molecule has 0 aliphatic carbocycles. The summed E-state index contributed by atoms with van der Waals surface area (Å²) in [6, 6.07) is 7.59. The maximum Gasteiger partial charge on any atom is 0.136 e. The molecule has 0 heterocycles. The van der Waals surface area contributed by atoms with Crippen LogP contribution >= 0.6 is 0 Å². The third-order valence-corrected chi connectivity index (χ3v) is 6.71. The van der Waals surface area contributed by atoms with Crippen molar-refractivity contribution in [2.45, 2.75) is 135 Å². The molecule has 1 aromatic carbocycles. The second kappa shape index (κ2) is 21.9. The Hall–Kier alpha value is -1.57. The van der Waals surface area contributed by atoms with E-state index in [1.165, 1.54) is 103 Å². The Bertz CT molecular complexity index is 640. The van der Waals surface area contributed by atoms with Crippen LogP contribution in [0, 0.1) is 11.3 Å². The molecular formula is C30H51NO3. The first-order valence-corrected chi connectivity index (χ1v) is 14.0. The molecule has 194 valence electrons. The van der Waals surface area contributed by atoms with Gasteiger partial charge in [-0.25, -0.2) is 0 Å². The van der Waals surface area contributed by atoms with Gasteiger partial charge in [-0.3, -0.25) is 0 Å². The highest BCUT2D eigenvalue weighted by molar-refractivity contribution is 5.45. The van der Waals surface area contributed by atoms with E-state index in [0.29, 0.717) is 17.9 Å². The molecule has 0 unspecified atom stereocenters. The molecule has 0 bridgehead atoms. The normalized spacial score (nSPS) is 11.9. The summed E-state index contributed by atoms with van der Waals surface area (Å²) in [5, 5.41) is 18.7. The molecule has 0 amide bonds. The predicted octanol–water partition coefficient (Wildman–Crippen LogP) is 8.49. The first-order chi connectivity index (χ1) is 16.7. The van der Waals surface area contributed by atoms with Crippen molar-refractivity contribution in [1.82, 2.24) is 0 Å². The fraction of sp³-hybridized carbons (Fsp3) is 0.767. The topological polar surface area (TPSA) is 62.5 Å². The quantitative estimate of drug-likeness (QED) is 0.162. The molecular weight excluding hydrogens is 422 g/mol. The number of hydrogen-bond donors (Lipinski definition) is 1. The van der Waals surface area contributed by atoms with Gasteiger partial charge in [-0.1, -0.05) is 122 Å². The number of unbranched alkanes of at least 4 members (excludes halogenated alkanes) is 16. The van der Waals surface area contributed by atoms with Gasteiger partial charge in [0.15, 0.2) is 0 Å². The molecule has 0 radical (unpaired) electrons. The van der Waals surface area contributed by atoms with Crippen LogP contribution in [-0.2, 0) is 11.3 Å². The van der Waals surface area contributed by atoms with E-state index in [1.807, 2.05) is 12.1 Å². The molecule has 0 saturated heterocycles. The fourth-order valence-electron chi connectivity index (χ4n) is 4.46. The summed E-state index contributed by atoms with van der Waals surface area (Å²) in [6.45, 7) is 2.75. The van der Waals surface area contributed by atoms with Gasteiger partial charge < -0.3 is 14.6 Å². The SMILES string of the molecule is CCCCCCCCCCCCCCCCCCC[C@H](CO)OCc1ccc(C#N)c(OC)c1. The third kappa shape index (κ3) is 15.4. The van der Waals surface area contributed by atoms with Crippen molar-refractivity contribution in [2.24, 2.45) is 0 Å². The maximum absolute atomic E-state index is 9.63. The summed E-state index contributed by atoms with van der Waals surface area (Å²) in [5.74, 6) is 0.567. The number of aliphatic hydroxyl groups is 1. The van der Waals surface area contributed by atoms with Gasteiger partial charge in [-0.05, 0) is 24.1 Å². The minimum Gasteiger partial charge on any atom is -0.495 e. The Morgan fingerprint density at radius 1 is 0.794 bits per heavy atom. The van der Waals surface area contributed by atoms with E-state index in [-0.39, 0.29) is 12.7 Å². The Morgan fingerprint density at radius 2 is 1.29 bits per heavy atom. The van der Waals surface area contributed by atoms with Crippen LogP contribution in [0.2, 0.25) is 0 Å². The van der Waals surface area contributed by atoms with Crippen LogP contribution in [0.15, 0.2) is 18.2 Å². The van der Waals surface area contributed by atoms with E-state index in [1.54, 1.807) is 13.2 Å². The Morgan fingerprint density at radius 3 is 1.74 bits per heavy atom. The van der Waals surface area contributed by atoms with E-state index in [9.17, 15) is 5.11 Å². The molecule has 4 nitrogen and oxygen atoms in total. The lowest BCUT2D eigenvalue weighted by Crippen LogP contribution is -2.17. The zero-order chi connectivity index (χ0) is 24.7. The van der Waals surface area contributed by atoms with Crippen LogP contribution in [-0.4, -0.2) is 24.9 Å². The van der Waals surface area contributed by atoms with Gasteiger partial charge in [-0.2, -0.15) is 5.26 Å². The molecule has 0 spiro atoms. The smallest absolute Gasteiger partial charge is 0.136 e. The van der Waals surface area contributed by atoms with Crippen LogP contribution in [0.4, 0.5) is 0 Å². The van der Waals surface area contributed by atoms with Gasteiger partial charge >= 0.3 is 0 Å². The summed E-state index contributed by atoms with van der Waals surface area (Å²) in [4.78, 5) is 0. The lowest BCUT2D eigenvalue weighted by atomic mass is 10.0. The standard InChI is InChI=1S/C30H51NO3/c1-3-4-5-6-7-8-9-10-11-12-13-14-15-16-17-18-19-20-29(25-32)34-26-27-21-22-28(24-31)30(23-27)33-2/h21-23,29,32H,3-20,25-26H2,1-2H3/t29-/m1/s1. The number of rotatable bonds is 23. The fourth-order valence-corrected chi connectivity index (χ4v) is 4.46. The molecule has 1 atom stereocenters. The van der Waals surface area contributed by atoms with E-state index in [4.69, 9.17) is 14.7 Å². The summed E-state index contributed by atoms with van der Waals surface area (Å²) in [6.07, 6.45) is 24.0. The van der Waals surface area contributed by atoms with Gasteiger partial charge in [-0.15, -0.1) is 0 Å². The van der Waals surface area contributed by atoms with Crippen molar-refractivity contribution in [3.05, 3.63) is 29.3 Å². The summed E-state index contributed by atoms with van der Waals surface area (Å²) >= 11 is 0. The summed E-state index contributed by atoms with van der Waals surface area (Å²) in [5.41, 5.74) is 1.48. The Kier molecular flexibility index (Phi) is 19.6. The molecule has 0 aliphatic rings. The van der Waals surface area contributed by atoms with Crippen molar-refractivity contribution in [3.8, 4) is 11.8 Å². The van der Waals surface area contributed by atoms with E-state index in [2.05, 4.69) is 13.0 Å². The largest absolute Gasteiger partial charge is 0.495 e. The lowest BCUT2D eigenvalue weighted by molar-refractivity contribution is -0.00353. The van der Waals surface area contributed by atoms with E-state index < -0.39 is 0 Å². The average Bonchev–Trinajstić information content (AvgIpc) is 2.87. The number of methoxy groups -OCH3 is 1. The van der Waals surface area contributed by atoms with Crippen LogP contribution < -0.4 is 4.74 Å². The van der Waals surface area contributed by atoms with Crippen LogP contribution in [0.1, 0.15) is 134 Å². The monoisotopic (exact) mass is 473 g/mol. The predicted molar refractivity (Wildman–Crippen MR) is 142 cm³/mol. The number of nitrogens with zero attached hydrogens (tertiary/aromatic N) is 1. The highest BCUT2D eigenvalue weighted by atomic mass is 16.5. The highest BCUT2D eigenvalue weighted by Gasteiger charge is 2.10. The van der Waals surface area contributed by atoms with Crippen molar-refractivity contribution in [3.63, 3.8) is 0 Å². The average molecular weight is 474 g/mol. The van der Waals surface area contributed by atoms with Crippen molar-refractivity contribution < 1.29 is 14.6 Å². The van der Waals surface area contributed by atoms with Crippen molar-refractivity contribution in [2.75, 3.05) is 13.7 Å². The van der Waals surface area contributed by atoms with Gasteiger partial charge in [0.2, 0.25) is 0 Å². The number of nitriles is 1. The van der Waals surface area contributed by atoms with Crippen LogP contribution in [0.25, 0.3) is 0 Å². The van der Waals surface area contributed by atoms with Gasteiger partial charge in [0.1, 0.15) is 11.8 Å². The molecule has 34 heavy (non-hydrogen) atoms. The second-order valence-electron chi connectivity index (χ2n) is 9.71. The van der Waals surface area contributed by atoms with Gasteiger partial charge in [0.25, 0.3) is 0 Å². The number of aliphatic hydroxyl groups excluding tert-OH is 1. The second-order valence-corrected chi connectivity index (χ2v) is 9.71. The zero-order valence-electron chi connectivity index (χ0n) is 22.2. The van der Waals surface area contributed by atoms with Crippen LogP contribution in [0.5, 0.6) is 5.75 Å². The van der Waals surface area contributed by atoms with Gasteiger partial charge in [0, 0.05) is 0 Å². The minimum atomic E-state index is -0.127. The number of hydrogen-bond acceptors (Lipinski definition) is 4. The highest BCUT2D eigenvalue weighted by Crippen LogP contribution is 2.21. The van der Waals surface area contributed by atoms with E-state index >= 15 is 0 Å². The zero-order valence-corrected chi connectivity index (χ0v) is 22.2.